The predicted octanol–water partition coefficient (Wildman–Crippen LogP) is 3.33. The molecule has 8 heteroatoms. The smallest absolute Gasteiger partial charge is 0.395 e. The van der Waals surface area contributed by atoms with Crippen molar-refractivity contribution in [1.29, 1.82) is 0 Å². The minimum Gasteiger partial charge on any atom is -0.395 e. The first-order valence-corrected chi connectivity index (χ1v) is 7.02. The third kappa shape index (κ3) is 2.27. The van der Waals surface area contributed by atoms with E-state index < -0.39 is 6.29 Å². The molecule has 5 nitrogen and oxygen atoms in total. The van der Waals surface area contributed by atoms with Gasteiger partial charge in [0, 0.05) is 29.5 Å². The number of ether oxygens (including phenoxy) is 2. The highest BCUT2D eigenvalue weighted by atomic mass is 32.1. The number of hydrogen-bond acceptors (Lipinski definition) is 5. The molecule has 0 saturated heterocycles. The maximum atomic E-state index is 12.9. The molecular weight excluding hydrogens is 300 g/mol. The van der Waals surface area contributed by atoms with Crippen LogP contribution in [0.4, 0.5) is 14.5 Å². The van der Waals surface area contributed by atoms with Gasteiger partial charge in [0.1, 0.15) is 0 Å². The number of nitrogens with zero attached hydrogens (tertiary/aromatic N) is 2. The summed E-state index contributed by atoms with van der Waals surface area (Å²) >= 11 is 1.55. The second kappa shape index (κ2) is 4.32. The number of alkyl halides is 2. The molecule has 0 spiro atoms. The van der Waals surface area contributed by atoms with Crippen molar-refractivity contribution in [2.75, 3.05) is 5.32 Å². The summed E-state index contributed by atoms with van der Waals surface area (Å²) in [5.41, 5.74) is 1.52. The number of halogens is 2. The molecule has 2 aromatic heterocycles. The van der Waals surface area contributed by atoms with Crippen LogP contribution in [0.15, 0.2) is 36.0 Å². The van der Waals surface area contributed by atoms with Gasteiger partial charge in [0.05, 0.1) is 12.2 Å². The zero-order valence-corrected chi connectivity index (χ0v) is 11.4. The molecule has 1 N–H and O–H groups in total. The zero-order chi connectivity index (χ0) is 14.4. The number of fused-ring (bicyclic) bond motifs is 2. The van der Waals surface area contributed by atoms with Crippen LogP contribution in [0.5, 0.6) is 11.5 Å². The minimum absolute atomic E-state index is 0.0239. The van der Waals surface area contributed by atoms with Crippen molar-refractivity contribution >= 4 is 22.0 Å². The summed E-state index contributed by atoms with van der Waals surface area (Å²) < 4.78 is 36.5. The van der Waals surface area contributed by atoms with Crippen LogP contribution in [0.25, 0.3) is 4.96 Å². The quantitative estimate of drug-likeness (QED) is 0.806. The van der Waals surface area contributed by atoms with Crippen molar-refractivity contribution in [2.45, 2.75) is 12.8 Å². The highest BCUT2D eigenvalue weighted by molar-refractivity contribution is 7.15. The molecule has 0 unspecified atom stereocenters. The van der Waals surface area contributed by atoms with E-state index in [4.69, 9.17) is 0 Å². The van der Waals surface area contributed by atoms with E-state index in [1.807, 2.05) is 22.2 Å². The van der Waals surface area contributed by atoms with E-state index in [1.165, 1.54) is 12.1 Å². The lowest BCUT2D eigenvalue weighted by Crippen LogP contribution is -2.25. The van der Waals surface area contributed by atoms with Gasteiger partial charge in [-0.3, -0.25) is 4.40 Å². The fraction of sp³-hybridized carbons (Fsp3) is 0.154. The van der Waals surface area contributed by atoms with E-state index in [0.29, 0.717) is 12.2 Å². The molecule has 1 aromatic carbocycles. The molecule has 0 amide bonds. The van der Waals surface area contributed by atoms with Crippen molar-refractivity contribution < 1.29 is 18.3 Å². The number of rotatable bonds is 3. The van der Waals surface area contributed by atoms with E-state index in [0.717, 1.165) is 10.7 Å². The zero-order valence-electron chi connectivity index (χ0n) is 10.5. The average Bonchev–Trinajstić information content (AvgIpc) is 3.05. The normalized spacial score (nSPS) is 15.5. The average molecular weight is 309 g/mol. The minimum atomic E-state index is -3.59. The van der Waals surface area contributed by atoms with E-state index >= 15 is 0 Å². The van der Waals surface area contributed by atoms with E-state index in [-0.39, 0.29) is 11.5 Å². The maximum absolute atomic E-state index is 12.9. The van der Waals surface area contributed by atoms with Gasteiger partial charge in [-0.2, -0.15) is 0 Å². The van der Waals surface area contributed by atoms with Crippen LogP contribution in [0, 0.1) is 0 Å². The molecule has 3 heterocycles. The number of hydrogen-bond donors (Lipinski definition) is 1. The summed E-state index contributed by atoms with van der Waals surface area (Å²) in [4.78, 5) is 5.34. The first kappa shape index (κ1) is 12.4. The molecule has 0 fully saturated rings. The largest absolute Gasteiger partial charge is 0.586 e. The number of nitrogens with one attached hydrogen (secondary N) is 1. The predicted molar refractivity (Wildman–Crippen MR) is 73.0 cm³/mol. The Balaban J connectivity index is 1.49. The number of imidazole rings is 1. The second-order valence-corrected chi connectivity index (χ2v) is 5.38. The third-order valence-corrected chi connectivity index (χ3v) is 3.79. The Kier molecular flexibility index (Phi) is 2.55. The lowest BCUT2D eigenvalue weighted by molar-refractivity contribution is -0.286. The van der Waals surface area contributed by atoms with Crippen LogP contribution in [0.3, 0.4) is 0 Å². The summed E-state index contributed by atoms with van der Waals surface area (Å²) in [5.74, 6) is 0.0591. The first-order valence-electron chi connectivity index (χ1n) is 6.14. The summed E-state index contributed by atoms with van der Waals surface area (Å²) in [6.45, 7) is 0.491. The van der Waals surface area contributed by atoms with Crippen molar-refractivity contribution in [3.05, 3.63) is 41.7 Å². The van der Waals surface area contributed by atoms with Crippen LogP contribution in [0.2, 0.25) is 0 Å². The molecule has 1 aliphatic heterocycles. The Morgan fingerprint density at radius 2 is 2.14 bits per heavy atom. The molecule has 0 atom stereocenters. The Morgan fingerprint density at radius 1 is 1.29 bits per heavy atom. The van der Waals surface area contributed by atoms with Gasteiger partial charge in [0.15, 0.2) is 16.5 Å². The SMILES string of the molecule is FC1(F)Oc2ccc(NCc3cn4ccsc4n3)cc2O1. The molecule has 0 aliphatic carbocycles. The Bertz CT molecular complexity index is 786. The molecule has 0 bridgehead atoms. The number of benzene rings is 1. The van der Waals surface area contributed by atoms with Crippen LogP contribution in [0.1, 0.15) is 5.69 Å². The van der Waals surface area contributed by atoms with Crippen LogP contribution < -0.4 is 14.8 Å². The Hall–Kier alpha value is -2.35. The second-order valence-electron chi connectivity index (χ2n) is 4.51. The lowest BCUT2D eigenvalue weighted by Gasteiger charge is -2.05. The van der Waals surface area contributed by atoms with Crippen molar-refractivity contribution in [2.24, 2.45) is 0 Å². The van der Waals surface area contributed by atoms with Crippen LogP contribution >= 0.6 is 11.3 Å². The number of anilines is 1. The molecule has 21 heavy (non-hydrogen) atoms. The molecule has 3 aromatic rings. The molecule has 1 aliphatic rings. The molecule has 0 radical (unpaired) electrons. The monoisotopic (exact) mass is 309 g/mol. The van der Waals surface area contributed by atoms with E-state index in [9.17, 15) is 8.78 Å². The fourth-order valence-corrected chi connectivity index (χ4v) is 2.83. The van der Waals surface area contributed by atoms with Gasteiger partial charge < -0.3 is 14.8 Å². The summed E-state index contributed by atoms with van der Waals surface area (Å²) in [6.07, 6.45) is 0.258. The van der Waals surface area contributed by atoms with Crippen molar-refractivity contribution in [1.82, 2.24) is 9.38 Å². The van der Waals surface area contributed by atoms with Gasteiger partial charge >= 0.3 is 6.29 Å². The fourth-order valence-electron chi connectivity index (χ4n) is 2.11. The first-order chi connectivity index (χ1) is 10.1. The third-order valence-electron chi connectivity index (χ3n) is 3.02. The standard InChI is InChI=1S/C13H9F2N3O2S/c14-13(15)19-10-2-1-8(5-11(10)20-13)16-6-9-7-18-3-4-21-12(18)17-9/h1-5,7,16H,6H2. The van der Waals surface area contributed by atoms with Crippen LogP contribution in [-0.2, 0) is 6.54 Å². The summed E-state index contributed by atoms with van der Waals surface area (Å²) in [6, 6.07) is 4.58. The van der Waals surface area contributed by atoms with Gasteiger partial charge in [0.2, 0.25) is 0 Å². The highest BCUT2D eigenvalue weighted by Gasteiger charge is 2.43. The van der Waals surface area contributed by atoms with Crippen molar-refractivity contribution in [3.8, 4) is 11.5 Å². The number of aromatic nitrogens is 2. The highest BCUT2D eigenvalue weighted by Crippen LogP contribution is 2.42. The van der Waals surface area contributed by atoms with Gasteiger partial charge in [-0.15, -0.1) is 20.1 Å². The molecular formula is C13H9F2N3O2S. The van der Waals surface area contributed by atoms with Gasteiger partial charge in [0.25, 0.3) is 0 Å². The molecule has 0 saturated carbocycles. The van der Waals surface area contributed by atoms with Crippen LogP contribution in [-0.4, -0.2) is 15.7 Å². The molecule has 4 rings (SSSR count). The number of thiazole rings is 1. The molecule has 108 valence electrons. The topological polar surface area (TPSA) is 47.8 Å². The van der Waals surface area contributed by atoms with Crippen molar-refractivity contribution in [3.63, 3.8) is 0 Å². The lowest BCUT2D eigenvalue weighted by atomic mass is 10.2. The van der Waals surface area contributed by atoms with E-state index in [2.05, 4.69) is 19.8 Å². The van der Waals surface area contributed by atoms with Gasteiger partial charge in [-0.05, 0) is 12.1 Å². The maximum Gasteiger partial charge on any atom is 0.586 e. The Morgan fingerprint density at radius 3 is 3.00 bits per heavy atom. The summed E-state index contributed by atoms with van der Waals surface area (Å²) in [7, 11) is 0. The summed E-state index contributed by atoms with van der Waals surface area (Å²) in [5, 5.41) is 5.07. The van der Waals surface area contributed by atoms with Gasteiger partial charge in [-0.1, -0.05) is 0 Å². The van der Waals surface area contributed by atoms with Gasteiger partial charge in [-0.25, -0.2) is 4.98 Å². The van der Waals surface area contributed by atoms with E-state index in [1.54, 1.807) is 17.4 Å². The Labute approximate surface area is 121 Å².